The molecule has 1 amide bonds. The quantitative estimate of drug-likeness (QED) is 0.791. The first-order chi connectivity index (χ1) is 11.6. The third kappa shape index (κ3) is 3.26. The molecule has 0 heterocycles. The number of carbonyl (C=O) groups is 1. The molecule has 1 unspecified atom stereocenters. The molecule has 0 aromatic heterocycles. The lowest BCUT2D eigenvalue weighted by molar-refractivity contribution is 0.0944. The van der Waals surface area contributed by atoms with Gasteiger partial charge in [-0.3, -0.25) is 4.79 Å². The van der Waals surface area contributed by atoms with Gasteiger partial charge in [-0.2, -0.15) is 0 Å². The maximum absolute atomic E-state index is 13.5. The highest BCUT2D eigenvalue weighted by Gasteiger charge is 2.23. The van der Waals surface area contributed by atoms with E-state index in [2.05, 4.69) is 10.6 Å². The fourth-order valence-corrected chi connectivity index (χ4v) is 3.21. The number of nitrogens with one attached hydrogen (secondary N) is 2. The van der Waals surface area contributed by atoms with Crippen LogP contribution < -0.4 is 10.6 Å². The van der Waals surface area contributed by atoms with Crippen LogP contribution in [-0.4, -0.2) is 24.2 Å². The van der Waals surface area contributed by atoms with Crippen molar-refractivity contribution < 1.29 is 14.3 Å². The smallest absolute Gasteiger partial charge is 0.251 e. The van der Waals surface area contributed by atoms with Gasteiger partial charge in [0.05, 0.1) is 12.6 Å². The van der Waals surface area contributed by atoms with Crippen LogP contribution in [0.15, 0.2) is 36.4 Å². The molecule has 0 saturated carbocycles. The molecule has 0 fully saturated rings. The molecule has 3 rings (SSSR count). The molecule has 0 bridgehead atoms. The molecular weight excluding hydrogens is 307 g/mol. The summed E-state index contributed by atoms with van der Waals surface area (Å²) < 4.78 is 13.5. The molecule has 1 aliphatic rings. The van der Waals surface area contributed by atoms with E-state index in [9.17, 15) is 9.18 Å². The van der Waals surface area contributed by atoms with Crippen LogP contribution in [0.1, 0.15) is 39.5 Å². The average molecular weight is 328 g/mol. The van der Waals surface area contributed by atoms with E-state index < -0.39 is 0 Å². The number of hydrogen-bond acceptors (Lipinski definition) is 3. The molecule has 1 atom stereocenters. The van der Waals surface area contributed by atoms with Crippen LogP contribution in [-0.2, 0) is 6.42 Å². The third-order valence-corrected chi connectivity index (χ3v) is 4.49. The Morgan fingerprint density at radius 3 is 2.96 bits per heavy atom. The van der Waals surface area contributed by atoms with E-state index in [4.69, 9.17) is 5.11 Å². The van der Waals surface area contributed by atoms with Crippen LogP contribution in [0.4, 0.5) is 10.1 Å². The molecule has 0 spiro atoms. The van der Waals surface area contributed by atoms with Crippen LogP contribution in [0.25, 0.3) is 0 Å². The van der Waals surface area contributed by atoms with E-state index in [0.29, 0.717) is 5.56 Å². The maximum atomic E-state index is 13.5. The number of fused-ring (bicyclic) bond motifs is 1. The Balaban J connectivity index is 1.82. The van der Waals surface area contributed by atoms with Gasteiger partial charge < -0.3 is 15.7 Å². The summed E-state index contributed by atoms with van der Waals surface area (Å²) in [6.45, 7) is 2.02. The van der Waals surface area contributed by atoms with E-state index >= 15 is 0 Å². The van der Waals surface area contributed by atoms with Crippen molar-refractivity contribution in [2.24, 2.45) is 0 Å². The molecule has 2 aromatic rings. The molecule has 5 heteroatoms. The summed E-state index contributed by atoms with van der Waals surface area (Å²) >= 11 is 0. The molecule has 0 radical (unpaired) electrons. The molecule has 3 N–H and O–H groups in total. The predicted molar refractivity (Wildman–Crippen MR) is 91.7 cm³/mol. The van der Waals surface area contributed by atoms with Crippen LogP contribution in [0.5, 0.6) is 0 Å². The standard InChI is InChI=1S/C19H21FN2O2/c1-12-15(19(24)21-9-10-23)3-2-4-17(12)22-18-8-6-13-5-7-14(20)11-16(13)18/h2-5,7,11,18,22-23H,6,8-10H2,1H3,(H,21,24). The highest BCUT2D eigenvalue weighted by molar-refractivity contribution is 5.97. The summed E-state index contributed by atoms with van der Waals surface area (Å²) in [5.41, 5.74) is 4.45. The highest BCUT2D eigenvalue weighted by atomic mass is 19.1. The summed E-state index contributed by atoms with van der Waals surface area (Å²) in [5, 5.41) is 14.9. The third-order valence-electron chi connectivity index (χ3n) is 4.49. The second-order valence-electron chi connectivity index (χ2n) is 6.04. The number of carbonyl (C=O) groups excluding carboxylic acids is 1. The second kappa shape index (κ2) is 7.01. The Hall–Kier alpha value is -2.40. The Bertz CT molecular complexity index is 761. The van der Waals surface area contributed by atoms with Crippen molar-refractivity contribution in [3.8, 4) is 0 Å². The largest absolute Gasteiger partial charge is 0.395 e. The lowest BCUT2D eigenvalue weighted by Crippen LogP contribution is -2.27. The first-order valence-corrected chi connectivity index (χ1v) is 8.13. The molecule has 1 aliphatic carbocycles. The molecule has 0 aliphatic heterocycles. The lowest BCUT2D eigenvalue weighted by atomic mass is 10.0. The van der Waals surface area contributed by atoms with Gasteiger partial charge in [-0.1, -0.05) is 12.1 Å². The van der Waals surface area contributed by atoms with Crippen molar-refractivity contribution in [1.29, 1.82) is 0 Å². The van der Waals surface area contributed by atoms with Crippen LogP contribution >= 0.6 is 0 Å². The molecule has 24 heavy (non-hydrogen) atoms. The van der Waals surface area contributed by atoms with E-state index in [1.54, 1.807) is 12.1 Å². The summed E-state index contributed by atoms with van der Waals surface area (Å²) in [7, 11) is 0. The number of aryl methyl sites for hydroxylation is 1. The Kier molecular flexibility index (Phi) is 4.81. The van der Waals surface area contributed by atoms with Crippen molar-refractivity contribution in [2.45, 2.75) is 25.8 Å². The van der Waals surface area contributed by atoms with Gasteiger partial charge in [0.2, 0.25) is 0 Å². The average Bonchev–Trinajstić information content (AvgIpc) is 2.96. The topological polar surface area (TPSA) is 61.4 Å². The van der Waals surface area contributed by atoms with Crippen molar-refractivity contribution in [1.82, 2.24) is 5.32 Å². The molecule has 0 saturated heterocycles. The number of benzene rings is 2. The Labute approximate surface area is 140 Å². The van der Waals surface area contributed by atoms with Crippen molar-refractivity contribution in [3.05, 3.63) is 64.5 Å². The number of halogens is 1. The van der Waals surface area contributed by atoms with E-state index in [1.165, 1.54) is 11.6 Å². The van der Waals surface area contributed by atoms with Gasteiger partial charge in [-0.15, -0.1) is 0 Å². The Morgan fingerprint density at radius 1 is 1.33 bits per heavy atom. The Morgan fingerprint density at radius 2 is 2.17 bits per heavy atom. The molecule has 2 aromatic carbocycles. The fraction of sp³-hybridized carbons (Fsp3) is 0.316. The SMILES string of the molecule is Cc1c(NC2CCc3ccc(F)cc32)cccc1C(=O)NCCO. The van der Waals surface area contributed by atoms with Crippen LogP contribution in [0.3, 0.4) is 0 Å². The van der Waals surface area contributed by atoms with Gasteiger partial charge in [-0.25, -0.2) is 4.39 Å². The van der Waals surface area contributed by atoms with Gasteiger partial charge in [0.1, 0.15) is 5.82 Å². The summed E-state index contributed by atoms with van der Waals surface area (Å²) in [4.78, 5) is 12.2. The molecule has 126 valence electrons. The number of hydrogen-bond donors (Lipinski definition) is 3. The van der Waals surface area contributed by atoms with E-state index in [1.807, 2.05) is 25.1 Å². The first-order valence-electron chi connectivity index (χ1n) is 8.13. The van der Waals surface area contributed by atoms with Gasteiger partial charge in [-0.05, 0) is 60.7 Å². The van der Waals surface area contributed by atoms with Crippen LogP contribution in [0.2, 0.25) is 0 Å². The number of aliphatic hydroxyl groups excluding tert-OH is 1. The zero-order chi connectivity index (χ0) is 17.1. The monoisotopic (exact) mass is 328 g/mol. The maximum Gasteiger partial charge on any atom is 0.251 e. The van der Waals surface area contributed by atoms with Gasteiger partial charge in [0, 0.05) is 17.8 Å². The summed E-state index contributed by atoms with van der Waals surface area (Å²) in [6, 6.07) is 10.5. The van der Waals surface area contributed by atoms with Gasteiger partial charge >= 0.3 is 0 Å². The summed E-state index contributed by atoms with van der Waals surface area (Å²) in [6.07, 6.45) is 1.82. The zero-order valence-electron chi connectivity index (χ0n) is 13.6. The minimum absolute atomic E-state index is 0.0464. The predicted octanol–water partition coefficient (Wildman–Crippen LogP) is 2.96. The minimum Gasteiger partial charge on any atom is -0.395 e. The zero-order valence-corrected chi connectivity index (χ0v) is 13.6. The van der Waals surface area contributed by atoms with Gasteiger partial charge in [0.15, 0.2) is 0 Å². The minimum atomic E-state index is -0.226. The van der Waals surface area contributed by atoms with Crippen molar-refractivity contribution in [3.63, 3.8) is 0 Å². The normalized spacial score (nSPS) is 15.9. The number of amides is 1. The first kappa shape index (κ1) is 16.5. The second-order valence-corrected chi connectivity index (χ2v) is 6.04. The number of anilines is 1. The van der Waals surface area contributed by atoms with Crippen LogP contribution in [0, 0.1) is 12.7 Å². The fourth-order valence-electron chi connectivity index (χ4n) is 3.21. The summed E-state index contributed by atoms with van der Waals surface area (Å²) in [5.74, 6) is -0.431. The van der Waals surface area contributed by atoms with Crippen molar-refractivity contribution in [2.75, 3.05) is 18.5 Å². The number of rotatable bonds is 5. The van der Waals surface area contributed by atoms with E-state index in [0.717, 1.165) is 29.7 Å². The molecular formula is C19H21FN2O2. The lowest BCUT2D eigenvalue weighted by Gasteiger charge is -2.19. The van der Waals surface area contributed by atoms with Gasteiger partial charge in [0.25, 0.3) is 5.91 Å². The highest BCUT2D eigenvalue weighted by Crippen LogP contribution is 2.35. The molecule has 4 nitrogen and oxygen atoms in total. The van der Waals surface area contributed by atoms with E-state index in [-0.39, 0.29) is 30.9 Å². The van der Waals surface area contributed by atoms with Crippen molar-refractivity contribution >= 4 is 11.6 Å². The number of aliphatic hydroxyl groups is 1.